The Hall–Kier alpha value is -2.35. The molecule has 0 unspecified atom stereocenters. The van der Waals surface area contributed by atoms with E-state index in [2.05, 4.69) is 31.0 Å². The second-order valence-electron chi connectivity index (χ2n) is 6.65. The van der Waals surface area contributed by atoms with Crippen LogP contribution in [0.3, 0.4) is 0 Å². The summed E-state index contributed by atoms with van der Waals surface area (Å²) in [6.07, 6.45) is 1.77. The molecule has 0 atom stereocenters. The van der Waals surface area contributed by atoms with Crippen LogP contribution in [0.25, 0.3) is 22.4 Å². The molecule has 7 heteroatoms. The standard InChI is InChI=1S/C21H22BrN3O3/c22-16-3-1-15(2-4-16)19-14-23-24-21(19)18-6-5-17(13-20(18)26)28-12-9-25-7-10-27-11-8-25/h1-6,13-14,26H,7-12H2,(H,23,24). The number of ether oxygens (including phenoxy) is 2. The Bertz CT molecular complexity index is 921. The van der Waals surface area contributed by atoms with Gasteiger partial charge in [-0.05, 0) is 29.8 Å². The summed E-state index contributed by atoms with van der Waals surface area (Å²) >= 11 is 3.45. The van der Waals surface area contributed by atoms with E-state index in [4.69, 9.17) is 9.47 Å². The normalized spacial score (nSPS) is 14.9. The first-order valence-corrected chi connectivity index (χ1v) is 10.1. The number of hydrogen-bond acceptors (Lipinski definition) is 5. The first-order valence-electron chi connectivity index (χ1n) is 9.26. The predicted octanol–water partition coefficient (Wildman–Crippen LogP) is 3.92. The molecule has 1 fully saturated rings. The number of nitrogens with one attached hydrogen (secondary N) is 1. The lowest BCUT2D eigenvalue weighted by Gasteiger charge is -2.26. The average molecular weight is 444 g/mol. The van der Waals surface area contributed by atoms with Gasteiger partial charge in [0.05, 0.1) is 25.1 Å². The number of phenolic OH excluding ortho intramolecular Hbond substituents is 1. The molecule has 0 spiro atoms. The second-order valence-corrected chi connectivity index (χ2v) is 7.56. The minimum atomic E-state index is 0.159. The van der Waals surface area contributed by atoms with Crippen molar-refractivity contribution in [3.8, 4) is 33.9 Å². The summed E-state index contributed by atoms with van der Waals surface area (Å²) in [7, 11) is 0. The molecule has 0 amide bonds. The van der Waals surface area contributed by atoms with E-state index in [0.29, 0.717) is 17.9 Å². The predicted molar refractivity (Wildman–Crippen MR) is 112 cm³/mol. The highest BCUT2D eigenvalue weighted by Gasteiger charge is 2.15. The number of nitrogens with zero attached hydrogens (tertiary/aromatic N) is 2. The highest BCUT2D eigenvalue weighted by molar-refractivity contribution is 9.10. The Labute approximate surface area is 172 Å². The quantitative estimate of drug-likeness (QED) is 0.603. The number of H-pyrrole nitrogens is 1. The summed E-state index contributed by atoms with van der Waals surface area (Å²) in [6.45, 7) is 4.85. The fraction of sp³-hybridized carbons (Fsp3) is 0.286. The van der Waals surface area contributed by atoms with E-state index in [0.717, 1.165) is 54.1 Å². The SMILES string of the molecule is Oc1cc(OCCN2CCOCC2)ccc1-c1[nH]ncc1-c1ccc(Br)cc1. The number of benzene rings is 2. The zero-order chi connectivity index (χ0) is 19.3. The van der Waals surface area contributed by atoms with Crippen LogP contribution < -0.4 is 4.74 Å². The van der Waals surface area contributed by atoms with Gasteiger partial charge in [-0.1, -0.05) is 28.1 Å². The fourth-order valence-corrected chi connectivity index (χ4v) is 3.53. The van der Waals surface area contributed by atoms with Gasteiger partial charge < -0.3 is 14.6 Å². The third kappa shape index (κ3) is 4.38. The Morgan fingerprint density at radius 1 is 1.11 bits per heavy atom. The molecule has 1 saturated heterocycles. The third-order valence-corrected chi connectivity index (χ3v) is 5.34. The van der Waals surface area contributed by atoms with Crippen molar-refractivity contribution < 1.29 is 14.6 Å². The van der Waals surface area contributed by atoms with Crippen molar-refractivity contribution in [3.05, 3.63) is 53.1 Å². The van der Waals surface area contributed by atoms with Crippen molar-refractivity contribution in [3.63, 3.8) is 0 Å². The van der Waals surface area contributed by atoms with Crippen molar-refractivity contribution >= 4 is 15.9 Å². The number of aromatic nitrogens is 2. The van der Waals surface area contributed by atoms with E-state index in [-0.39, 0.29) is 5.75 Å². The summed E-state index contributed by atoms with van der Waals surface area (Å²) in [6, 6.07) is 13.4. The van der Waals surface area contributed by atoms with Gasteiger partial charge in [0.15, 0.2) is 0 Å². The van der Waals surface area contributed by atoms with E-state index < -0.39 is 0 Å². The largest absolute Gasteiger partial charge is 0.507 e. The maximum atomic E-state index is 10.6. The van der Waals surface area contributed by atoms with Crippen molar-refractivity contribution in [2.45, 2.75) is 0 Å². The highest BCUT2D eigenvalue weighted by atomic mass is 79.9. The molecule has 0 aliphatic carbocycles. The monoisotopic (exact) mass is 443 g/mol. The lowest BCUT2D eigenvalue weighted by molar-refractivity contribution is 0.0322. The molecule has 28 heavy (non-hydrogen) atoms. The molecule has 6 nitrogen and oxygen atoms in total. The molecule has 0 saturated carbocycles. The topological polar surface area (TPSA) is 70.6 Å². The molecule has 1 aliphatic rings. The van der Waals surface area contributed by atoms with Crippen LogP contribution >= 0.6 is 15.9 Å². The van der Waals surface area contributed by atoms with Gasteiger partial charge in [0.1, 0.15) is 18.1 Å². The van der Waals surface area contributed by atoms with Gasteiger partial charge in [0.2, 0.25) is 0 Å². The van der Waals surface area contributed by atoms with Gasteiger partial charge in [-0.15, -0.1) is 0 Å². The molecule has 1 aromatic heterocycles. The number of aromatic amines is 1. The number of aromatic hydroxyl groups is 1. The average Bonchev–Trinajstić information content (AvgIpc) is 3.19. The van der Waals surface area contributed by atoms with E-state index in [1.54, 1.807) is 12.3 Å². The van der Waals surface area contributed by atoms with Gasteiger partial charge in [0.25, 0.3) is 0 Å². The summed E-state index contributed by atoms with van der Waals surface area (Å²) in [5.74, 6) is 0.811. The maximum absolute atomic E-state index is 10.6. The third-order valence-electron chi connectivity index (χ3n) is 4.81. The zero-order valence-corrected chi connectivity index (χ0v) is 17.0. The Balaban J connectivity index is 1.46. The van der Waals surface area contributed by atoms with E-state index >= 15 is 0 Å². The van der Waals surface area contributed by atoms with Crippen molar-refractivity contribution in [2.75, 3.05) is 39.5 Å². The van der Waals surface area contributed by atoms with Crippen molar-refractivity contribution in [2.24, 2.45) is 0 Å². The van der Waals surface area contributed by atoms with Crippen molar-refractivity contribution in [1.29, 1.82) is 0 Å². The fourth-order valence-electron chi connectivity index (χ4n) is 3.27. The molecule has 1 aliphatic heterocycles. The van der Waals surface area contributed by atoms with Crippen molar-refractivity contribution in [1.82, 2.24) is 15.1 Å². The van der Waals surface area contributed by atoms with E-state index in [1.807, 2.05) is 36.4 Å². The van der Waals surface area contributed by atoms with Gasteiger partial charge in [0, 0.05) is 41.3 Å². The molecular weight excluding hydrogens is 422 g/mol. The molecule has 0 bridgehead atoms. The lowest BCUT2D eigenvalue weighted by atomic mass is 10.0. The molecule has 2 aromatic carbocycles. The van der Waals surface area contributed by atoms with Gasteiger partial charge in [-0.25, -0.2) is 0 Å². The van der Waals surface area contributed by atoms with Crippen LogP contribution in [0.5, 0.6) is 11.5 Å². The number of morpholine rings is 1. The molecular formula is C21H22BrN3O3. The van der Waals surface area contributed by atoms with Crippen LogP contribution in [-0.4, -0.2) is 59.7 Å². The summed E-state index contributed by atoms with van der Waals surface area (Å²) < 4.78 is 12.2. The second kappa shape index (κ2) is 8.77. The molecule has 4 rings (SSSR count). The first-order chi connectivity index (χ1) is 13.7. The number of rotatable bonds is 6. The van der Waals surface area contributed by atoms with Crippen LogP contribution in [0.4, 0.5) is 0 Å². The van der Waals surface area contributed by atoms with Gasteiger partial charge >= 0.3 is 0 Å². The molecule has 2 N–H and O–H groups in total. The van der Waals surface area contributed by atoms with Gasteiger partial charge in [-0.3, -0.25) is 10.00 Å². The van der Waals surface area contributed by atoms with Crippen LogP contribution in [0.15, 0.2) is 53.1 Å². The Morgan fingerprint density at radius 2 is 1.89 bits per heavy atom. The minimum Gasteiger partial charge on any atom is -0.507 e. The van der Waals surface area contributed by atoms with Crippen LogP contribution in [0.1, 0.15) is 0 Å². The molecule has 3 aromatic rings. The Morgan fingerprint density at radius 3 is 2.64 bits per heavy atom. The maximum Gasteiger partial charge on any atom is 0.128 e. The van der Waals surface area contributed by atoms with E-state index in [9.17, 15) is 5.11 Å². The smallest absolute Gasteiger partial charge is 0.128 e. The zero-order valence-electron chi connectivity index (χ0n) is 15.4. The summed E-state index contributed by atoms with van der Waals surface area (Å²) in [5, 5.41) is 17.7. The molecule has 0 radical (unpaired) electrons. The molecule has 2 heterocycles. The minimum absolute atomic E-state index is 0.159. The summed E-state index contributed by atoms with van der Waals surface area (Å²) in [4.78, 5) is 2.31. The first kappa shape index (κ1) is 19.0. The number of phenols is 1. The van der Waals surface area contributed by atoms with E-state index in [1.165, 1.54) is 0 Å². The highest BCUT2D eigenvalue weighted by Crippen LogP contribution is 2.37. The van der Waals surface area contributed by atoms with Gasteiger partial charge in [-0.2, -0.15) is 5.10 Å². The summed E-state index contributed by atoms with van der Waals surface area (Å²) in [5.41, 5.74) is 3.43. The molecule has 146 valence electrons. The number of halogens is 1. The Kier molecular flexibility index (Phi) is 5.95. The van der Waals surface area contributed by atoms with Crippen LogP contribution in [0, 0.1) is 0 Å². The van der Waals surface area contributed by atoms with Crippen LogP contribution in [0.2, 0.25) is 0 Å². The van der Waals surface area contributed by atoms with Crippen LogP contribution in [-0.2, 0) is 4.74 Å². The lowest BCUT2D eigenvalue weighted by Crippen LogP contribution is -2.38. The number of hydrogen-bond donors (Lipinski definition) is 2.